The van der Waals surface area contributed by atoms with Crippen molar-refractivity contribution < 1.29 is 9.53 Å². The zero-order valence-corrected chi connectivity index (χ0v) is 10.4. The van der Waals surface area contributed by atoms with Gasteiger partial charge < -0.3 is 20.8 Å². The molecule has 0 aliphatic carbocycles. The van der Waals surface area contributed by atoms with Crippen molar-refractivity contribution in [1.29, 1.82) is 0 Å². The zero-order valence-electron chi connectivity index (χ0n) is 10.4. The van der Waals surface area contributed by atoms with Crippen LogP contribution in [-0.2, 0) is 9.53 Å². The molecule has 0 saturated carbocycles. The Kier molecular flexibility index (Phi) is 3.65. The summed E-state index contributed by atoms with van der Waals surface area (Å²) in [7, 11) is 1.34. The molecule has 0 bridgehead atoms. The molecule has 0 aliphatic heterocycles. The second kappa shape index (κ2) is 5.38. The molecule has 2 rings (SSSR count). The van der Waals surface area contributed by atoms with Crippen LogP contribution in [0.5, 0.6) is 0 Å². The van der Waals surface area contributed by atoms with Crippen molar-refractivity contribution in [3.8, 4) is 0 Å². The lowest BCUT2D eigenvalue weighted by molar-refractivity contribution is -0.140. The monoisotopic (exact) mass is 262 g/mol. The molecule has 0 atom stereocenters. The van der Waals surface area contributed by atoms with Gasteiger partial charge in [0.25, 0.3) is 5.56 Å². The molecular weight excluding hydrogens is 248 g/mol. The van der Waals surface area contributed by atoms with E-state index in [0.717, 1.165) is 0 Å². The number of hydrogen-bond acceptors (Lipinski definition) is 6. The minimum Gasteiger partial charge on any atom is -0.469 e. The fourth-order valence-electron chi connectivity index (χ4n) is 1.69. The number of rotatable bonds is 4. The molecule has 19 heavy (non-hydrogen) atoms. The van der Waals surface area contributed by atoms with E-state index in [4.69, 9.17) is 5.73 Å². The summed E-state index contributed by atoms with van der Waals surface area (Å²) in [5.74, 6) is -0.304. The smallest absolute Gasteiger partial charge is 0.307 e. The van der Waals surface area contributed by atoms with Gasteiger partial charge in [0.1, 0.15) is 0 Å². The predicted molar refractivity (Wildman–Crippen MR) is 71.9 cm³/mol. The van der Waals surface area contributed by atoms with E-state index in [1.807, 2.05) is 0 Å². The summed E-state index contributed by atoms with van der Waals surface area (Å²) in [5, 5.41) is 3.44. The average Bonchev–Trinajstić information content (AvgIpc) is 2.40. The third-order valence-corrected chi connectivity index (χ3v) is 2.68. The van der Waals surface area contributed by atoms with E-state index in [-0.39, 0.29) is 17.9 Å². The van der Waals surface area contributed by atoms with Crippen LogP contribution in [0, 0.1) is 0 Å². The number of nitrogens with one attached hydrogen (secondary N) is 2. The van der Waals surface area contributed by atoms with E-state index >= 15 is 0 Å². The Morgan fingerprint density at radius 2 is 2.32 bits per heavy atom. The van der Waals surface area contributed by atoms with Crippen molar-refractivity contribution in [2.45, 2.75) is 6.42 Å². The first-order valence-electron chi connectivity index (χ1n) is 5.69. The number of hydrogen-bond donors (Lipinski definition) is 3. The van der Waals surface area contributed by atoms with Gasteiger partial charge in [0, 0.05) is 6.54 Å². The molecule has 0 amide bonds. The standard InChI is InChI=1S/C12H14N4O3/c1-19-11(17)2-3-14-10-5-9-7(4-8(10)13)12(18)16-6-15-9/h4-6,14H,2-3,13H2,1H3,(H,15,16,18). The first-order valence-corrected chi connectivity index (χ1v) is 5.69. The van der Waals surface area contributed by atoms with Crippen LogP contribution in [0.15, 0.2) is 23.3 Å². The Morgan fingerprint density at radius 1 is 1.53 bits per heavy atom. The summed E-state index contributed by atoms with van der Waals surface area (Å²) in [6.07, 6.45) is 1.57. The maximum absolute atomic E-state index is 11.6. The quantitative estimate of drug-likeness (QED) is 0.546. The van der Waals surface area contributed by atoms with Gasteiger partial charge in [-0.25, -0.2) is 4.98 Å². The first-order chi connectivity index (χ1) is 9.11. The second-order valence-electron chi connectivity index (χ2n) is 3.94. The lowest BCUT2D eigenvalue weighted by Crippen LogP contribution is -2.12. The van der Waals surface area contributed by atoms with Gasteiger partial charge in [0.05, 0.1) is 42.1 Å². The maximum Gasteiger partial charge on any atom is 0.307 e. The van der Waals surface area contributed by atoms with E-state index in [9.17, 15) is 9.59 Å². The van der Waals surface area contributed by atoms with Crippen molar-refractivity contribution in [2.24, 2.45) is 0 Å². The Bertz CT molecular complexity index is 666. The SMILES string of the molecule is COC(=O)CCNc1cc2nc[nH]c(=O)c2cc1N. The van der Waals surface area contributed by atoms with Crippen LogP contribution in [0.25, 0.3) is 10.9 Å². The van der Waals surface area contributed by atoms with Crippen LogP contribution < -0.4 is 16.6 Å². The van der Waals surface area contributed by atoms with Crippen LogP contribution in [0.1, 0.15) is 6.42 Å². The molecule has 0 unspecified atom stereocenters. The lowest BCUT2D eigenvalue weighted by atomic mass is 10.2. The number of esters is 1. The topological polar surface area (TPSA) is 110 Å². The fraction of sp³-hybridized carbons (Fsp3) is 0.250. The summed E-state index contributed by atoms with van der Waals surface area (Å²) in [6.45, 7) is 0.394. The maximum atomic E-state index is 11.6. The van der Waals surface area contributed by atoms with Crippen LogP contribution in [0.3, 0.4) is 0 Å². The number of carbonyl (C=O) groups excluding carboxylic acids is 1. The molecular formula is C12H14N4O3. The van der Waals surface area contributed by atoms with Gasteiger partial charge in [-0.15, -0.1) is 0 Å². The highest BCUT2D eigenvalue weighted by atomic mass is 16.5. The number of anilines is 2. The van der Waals surface area contributed by atoms with Crippen LogP contribution in [-0.4, -0.2) is 29.6 Å². The van der Waals surface area contributed by atoms with Gasteiger partial charge in [-0.2, -0.15) is 0 Å². The summed E-state index contributed by atoms with van der Waals surface area (Å²) < 4.78 is 4.54. The number of fused-ring (bicyclic) bond motifs is 1. The molecule has 0 aliphatic rings. The molecule has 100 valence electrons. The Morgan fingerprint density at radius 3 is 3.05 bits per heavy atom. The number of nitrogens with two attached hydrogens (primary N) is 1. The first kappa shape index (κ1) is 12.9. The molecule has 1 aromatic carbocycles. The third-order valence-electron chi connectivity index (χ3n) is 2.68. The molecule has 4 N–H and O–H groups in total. The van der Waals surface area contributed by atoms with Crippen molar-refractivity contribution in [2.75, 3.05) is 24.7 Å². The Hall–Kier alpha value is -2.57. The van der Waals surface area contributed by atoms with Crippen LogP contribution in [0.2, 0.25) is 0 Å². The van der Waals surface area contributed by atoms with E-state index in [1.165, 1.54) is 13.4 Å². The third kappa shape index (κ3) is 2.82. The van der Waals surface area contributed by atoms with Gasteiger partial charge in [-0.1, -0.05) is 0 Å². The van der Waals surface area contributed by atoms with Crippen molar-refractivity contribution >= 4 is 28.2 Å². The largest absolute Gasteiger partial charge is 0.469 e. The number of ether oxygens (including phenoxy) is 1. The zero-order chi connectivity index (χ0) is 13.8. The number of methoxy groups -OCH3 is 1. The Balaban J connectivity index is 2.22. The van der Waals surface area contributed by atoms with Gasteiger partial charge in [-0.05, 0) is 12.1 Å². The number of nitrogen functional groups attached to an aromatic ring is 1. The van der Waals surface area contributed by atoms with E-state index in [0.29, 0.717) is 28.8 Å². The van der Waals surface area contributed by atoms with Crippen LogP contribution >= 0.6 is 0 Å². The molecule has 2 aromatic rings. The average molecular weight is 262 g/mol. The molecule has 0 spiro atoms. The van der Waals surface area contributed by atoms with Gasteiger partial charge in [-0.3, -0.25) is 9.59 Å². The van der Waals surface area contributed by atoms with Gasteiger partial charge in [0.2, 0.25) is 0 Å². The highest BCUT2D eigenvalue weighted by Gasteiger charge is 2.06. The molecule has 0 radical (unpaired) electrons. The normalized spacial score (nSPS) is 10.4. The van der Waals surface area contributed by atoms with E-state index in [1.54, 1.807) is 12.1 Å². The number of nitrogens with zero attached hydrogens (tertiary/aromatic N) is 1. The predicted octanol–water partition coefficient (Wildman–Crippen LogP) is 0.480. The van der Waals surface area contributed by atoms with Crippen molar-refractivity contribution in [1.82, 2.24) is 9.97 Å². The van der Waals surface area contributed by atoms with Crippen molar-refractivity contribution in [3.05, 3.63) is 28.8 Å². The van der Waals surface area contributed by atoms with E-state index < -0.39 is 0 Å². The summed E-state index contributed by atoms with van der Waals surface area (Å²) in [6, 6.07) is 3.23. The molecule has 1 heterocycles. The number of benzene rings is 1. The highest BCUT2D eigenvalue weighted by molar-refractivity contribution is 5.88. The number of carbonyl (C=O) groups is 1. The van der Waals surface area contributed by atoms with Crippen LogP contribution in [0.4, 0.5) is 11.4 Å². The van der Waals surface area contributed by atoms with Gasteiger partial charge in [0.15, 0.2) is 0 Å². The minimum absolute atomic E-state index is 0.233. The number of aromatic amines is 1. The molecule has 7 heteroatoms. The summed E-state index contributed by atoms with van der Waals surface area (Å²) in [4.78, 5) is 29.1. The molecule has 7 nitrogen and oxygen atoms in total. The summed E-state index contributed by atoms with van der Waals surface area (Å²) >= 11 is 0. The minimum atomic E-state index is -0.304. The molecule has 0 fully saturated rings. The summed E-state index contributed by atoms with van der Waals surface area (Å²) in [5.41, 5.74) is 7.21. The van der Waals surface area contributed by atoms with Crippen molar-refractivity contribution in [3.63, 3.8) is 0 Å². The fourth-order valence-corrected chi connectivity index (χ4v) is 1.69. The lowest BCUT2D eigenvalue weighted by Gasteiger charge is -2.09. The second-order valence-corrected chi connectivity index (χ2v) is 3.94. The highest BCUT2D eigenvalue weighted by Crippen LogP contribution is 2.22. The molecule has 1 aromatic heterocycles. The Labute approximate surface area is 108 Å². The van der Waals surface area contributed by atoms with E-state index in [2.05, 4.69) is 20.0 Å². The number of aromatic nitrogens is 2. The molecule has 0 saturated heterocycles. The van der Waals surface area contributed by atoms with Gasteiger partial charge >= 0.3 is 5.97 Å². The number of H-pyrrole nitrogens is 1.